The number of aliphatic carboxylic acids is 1. The van der Waals surface area contributed by atoms with Gasteiger partial charge in [-0.3, -0.25) is 9.59 Å². The fourth-order valence-corrected chi connectivity index (χ4v) is 2.46. The van der Waals surface area contributed by atoms with E-state index < -0.39 is 23.5 Å². The minimum atomic E-state index is -0.969. The molecule has 0 radical (unpaired) electrons. The van der Waals surface area contributed by atoms with Gasteiger partial charge in [0.05, 0.1) is 12.7 Å². The van der Waals surface area contributed by atoms with Gasteiger partial charge >= 0.3 is 5.97 Å². The molecule has 2 rings (SSSR count). The van der Waals surface area contributed by atoms with Crippen LogP contribution in [0.4, 0.5) is 8.78 Å². The molecule has 0 saturated carbocycles. The second-order valence-corrected chi connectivity index (χ2v) is 5.95. The minimum absolute atomic E-state index is 0.0988. The largest absolute Gasteiger partial charge is 0.497 e. The molecule has 2 aromatic carbocycles. The van der Waals surface area contributed by atoms with Crippen molar-refractivity contribution in [2.45, 2.75) is 13.3 Å². The van der Waals surface area contributed by atoms with E-state index in [1.54, 1.807) is 13.0 Å². The molecule has 0 aliphatic heterocycles. The lowest BCUT2D eigenvalue weighted by Crippen LogP contribution is -2.29. The number of hydrogen-bond acceptors (Lipinski definition) is 3. The highest BCUT2D eigenvalue weighted by Crippen LogP contribution is 2.27. The third-order valence-electron chi connectivity index (χ3n) is 3.84. The molecule has 0 aliphatic carbocycles. The monoisotopic (exact) mass is 363 g/mol. The lowest BCUT2D eigenvalue weighted by atomic mass is 10.0. The zero-order chi connectivity index (χ0) is 19.3. The lowest BCUT2D eigenvalue weighted by molar-refractivity contribution is -0.137. The van der Waals surface area contributed by atoms with Crippen LogP contribution >= 0.6 is 0 Å². The van der Waals surface area contributed by atoms with Crippen molar-refractivity contribution in [1.82, 2.24) is 5.32 Å². The Morgan fingerprint density at radius 2 is 1.88 bits per heavy atom. The van der Waals surface area contributed by atoms with Crippen molar-refractivity contribution < 1.29 is 28.2 Å². The van der Waals surface area contributed by atoms with E-state index in [9.17, 15) is 18.4 Å². The van der Waals surface area contributed by atoms with E-state index >= 15 is 0 Å². The quantitative estimate of drug-likeness (QED) is 0.790. The van der Waals surface area contributed by atoms with Crippen molar-refractivity contribution in [2.75, 3.05) is 13.7 Å². The van der Waals surface area contributed by atoms with Crippen LogP contribution in [0, 0.1) is 17.6 Å². The molecule has 1 amide bonds. The van der Waals surface area contributed by atoms with Crippen LogP contribution in [0.25, 0.3) is 11.1 Å². The number of ether oxygens (including phenoxy) is 1. The fraction of sp³-hybridized carbons (Fsp3) is 0.263. The van der Waals surface area contributed by atoms with E-state index in [1.165, 1.54) is 31.4 Å². The van der Waals surface area contributed by atoms with Crippen molar-refractivity contribution in [1.29, 1.82) is 0 Å². The zero-order valence-electron chi connectivity index (χ0n) is 14.4. The predicted octanol–water partition coefficient (Wildman–Crippen LogP) is 3.48. The van der Waals surface area contributed by atoms with Crippen LogP contribution in [0.15, 0.2) is 36.4 Å². The number of carboxylic acids is 1. The molecule has 0 fully saturated rings. The average molecular weight is 363 g/mol. The number of rotatable bonds is 7. The molecule has 0 bridgehead atoms. The molecule has 1 unspecified atom stereocenters. The SMILES string of the molecule is COc1ccc(-c2ccc(C(=O)NCC(C)CC(=O)O)c(F)c2)c(F)c1. The van der Waals surface area contributed by atoms with E-state index in [4.69, 9.17) is 9.84 Å². The first-order valence-corrected chi connectivity index (χ1v) is 7.95. The fourth-order valence-electron chi connectivity index (χ4n) is 2.46. The van der Waals surface area contributed by atoms with E-state index in [-0.39, 0.29) is 30.0 Å². The Balaban J connectivity index is 2.14. The summed E-state index contributed by atoms with van der Waals surface area (Å²) in [7, 11) is 1.42. The van der Waals surface area contributed by atoms with Gasteiger partial charge in [-0.2, -0.15) is 0 Å². The number of carboxylic acid groups (broad SMARTS) is 1. The van der Waals surface area contributed by atoms with Gasteiger partial charge in [0.2, 0.25) is 0 Å². The molecule has 26 heavy (non-hydrogen) atoms. The Bertz CT molecular complexity index is 823. The number of methoxy groups -OCH3 is 1. The van der Waals surface area contributed by atoms with E-state index in [1.807, 2.05) is 0 Å². The maximum absolute atomic E-state index is 14.3. The summed E-state index contributed by atoms with van der Waals surface area (Å²) in [6.45, 7) is 1.78. The number of carbonyl (C=O) groups is 2. The predicted molar refractivity (Wildman–Crippen MR) is 92.1 cm³/mol. The molecule has 138 valence electrons. The molecule has 0 heterocycles. The van der Waals surface area contributed by atoms with Crippen molar-refractivity contribution in [3.05, 3.63) is 53.6 Å². The van der Waals surface area contributed by atoms with E-state index in [0.717, 1.165) is 6.07 Å². The second-order valence-electron chi connectivity index (χ2n) is 5.95. The summed E-state index contributed by atoms with van der Waals surface area (Å²) in [6.07, 6.45) is -0.0988. The first-order valence-electron chi connectivity index (χ1n) is 7.95. The second kappa shape index (κ2) is 8.42. The molecular weight excluding hydrogens is 344 g/mol. The van der Waals surface area contributed by atoms with Gasteiger partial charge in [-0.05, 0) is 35.7 Å². The number of halogens is 2. The normalized spacial score (nSPS) is 11.7. The molecule has 7 heteroatoms. The highest BCUT2D eigenvalue weighted by Gasteiger charge is 2.16. The van der Waals surface area contributed by atoms with Gasteiger partial charge in [-0.15, -0.1) is 0 Å². The Kier molecular flexibility index (Phi) is 6.27. The van der Waals surface area contributed by atoms with Gasteiger partial charge < -0.3 is 15.2 Å². The van der Waals surface area contributed by atoms with Crippen molar-refractivity contribution in [2.24, 2.45) is 5.92 Å². The van der Waals surface area contributed by atoms with Gasteiger partial charge in [-0.1, -0.05) is 13.0 Å². The number of hydrogen-bond donors (Lipinski definition) is 2. The molecule has 2 aromatic rings. The van der Waals surface area contributed by atoms with Gasteiger partial charge in [-0.25, -0.2) is 8.78 Å². The van der Waals surface area contributed by atoms with Crippen molar-refractivity contribution >= 4 is 11.9 Å². The summed E-state index contributed by atoms with van der Waals surface area (Å²) >= 11 is 0. The van der Waals surface area contributed by atoms with Crippen LogP contribution < -0.4 is 10.1 Å². The zero-order valence-corrected chi connectivity index (χ0v) is 14.4. The molecule has 0 spiro atoms. The summed E-state index contributed by atoms with van der Waals surface area (Å²) in [6, 6.07) is 8.02. The maximum Gasteiger partial charge on any atom is 0.303 e. The van der Waals surface area contributed by atoms with Crippen LogP contribution in [-0.4, -0.2) is 30.6 Å². The van der Waals surface area contributed by atoms with Gasteiger partial charge in [0, 0.05) is 24.6 Å². The number of benzene rings is 2. The maximum atomic E-state index is 14.3. The van der Waals surface area contributed by atoms with Gasteiger partial charge in [0.15, 0.2) is 0 Å². The molecular formula is C19H19F2NO4. The molecule has 0 aliphatic rings. The van der Waals surface area contributed by atoms with Crippen LogP contribution in [0.2, 0.25) is 0 Å². The summed E-state index contributed by atoms with van der Waals surface area (Å²) in [5.74, 6) is -2.92. The minimum Gasteiger partial charge on any atom is -0.497 e. The van der Waals surface area contributed by atoms with Crippen LogP contribution in [0.1, 0.15) is 23.7 Å². The number of carbonyl (C=O) groups excluding carboxylic acids is 1. The summed E-state index contributed by atoms with van der Waals surface area (Å²) < 4.78 is 33.3. The third kappa shape index (κ3) is 4.78. The summed E-state index contributed by atoms with van der Waals surface area (Å²) in [5.41, 5.74) is 0.287. The van der Waals surface area contributed by atoms with Crippen molar-refractivity contribution in [3.63, 3.8) is 0 Å². The standard InChI is InChI=1S/C19H19F2NO4/c1-11(7-18(23)24)10-22-19(25)15-5-3-12(8-16(15)20)14-6-4-13(26-2)9-17(14)21/h3-6,8-9,11H,7,10H2,1-2H3,(H,22,25)(H,23,24). The smallest absolute Gasteiger partial charge is 0.303 e. The third-order valence-corrected chi connectivity index (χ3v) is 3.84. The van der Waals surface area contributed by atoms with E-state index in [2.05, 4.69) is 5.32 Å². The lowest BCUT2D eigenvalue weighted by Gasteiger charge is -2.12. The van der Waals surface area contributed by atoms with Crippen LogP contribution in [0.5, 0.6) is 5.75 Å². The Morgan fingerprint density at radius 1 is 1.15 bits per heavy atom. The Hall–Kier alpha value is -2.96. The van der Waals surface area contributed by atoms with Gasteiger partial charge in [0.1, 0.15) is 17.4 Å². The van der Waals surface area contributed by atoms with Crippen molar-refractivity contribution in [3.8, 4) is 16.9 Å². The topological polar surface area (TPSA) is 75.6 Å². The molecule has 0 saturated heterocycles. The highest BCUT2D eigenvalue weighted by molar-refractivity contribution is 5.95. The molecule has 5 nitrogen and oxygen atoms in total. The Labute approximate surface area is 149 Å². The van der Waals surface area contributed by atoms with Crippen LogP contribution in [0.3, 0.4) is 0 Å². The highest BCUT2D eigenvalue weighted by atomic mass is 19.1. The van der Waals surface area contributed by atoms with Crippen LogP contribution in [-0.2, 0) is 4.79 Å². The first kappa shape index (κ1) is 19.4. The number of nitrogens with one attached hydrogen (secondary N) is 1. The van der Waals surface area contributed by atoms with Gasteiger partial charge in [0.25, 0.3) is 5.91 Å². The number of amides is 1. The van der Waals surface area contributed by atoms with E-state index in [0.29, 0.717) is 11.3 Å². The average Bonchev–Trinajstić information content (AvgIpc) is 2.58. The molecule has 0 aromatic heterocycles. The summed E-state index contributed by atoms with van der Waals surface area (Å²) in [4.78, 5) is 22.7. The summed E-state index contributed by atoms with van der Waals surface area (Å²) in [5, 5.41) is 11.2. The first-order chi connectivity index (χ1) is 12.3. The Morgan fingerprint density at radius 3 is 2.46 bits per heavy atom. The molecule has 1 atom stereocenters. The molecule has 2 N–H and O–H groups in total.